The third kappa shape index (κ3) is 5.27. The molecule has 1 aromatic heterocycles. The Bertz CT molecular complexity index is 611. The minimum Gasteiger partial charge on any atom is -0.459 e. The van der Waals surface area contributed by atoms with Gasteiger partial charge in [0.25, 0.3) is 5.91 Å². The van der Waals surface area contributed by atoms with Crippen LogP contribution in [0.2, 0.25) is 0 Å². The molecule has 0 aliphatic carbocycles. The molecule has 122 valence electrons. The lowest BCUT2D eigenvalue weighted by atomic mass is 10.1. The molecule has 0 aliphatic rings. The highest BCUT2D eigenvalue weighted by molar-refractivity contribution is 5.91. The highest BCUT2D eigenvalue weighted by Gasteiger charge is 2.13. The Labute approximate surface area is 134 Å². The predicted molar refractivity (Wildman–Crippen MR) is 84.7 cm³/mol. The lowest BCUT2D eigenvalue weighted by molar-refractivity contribution is -0.122. The number of hydrogen-bond donors (Lipinski definition) is 3. The number of aliphatic hydroxyl groups excluding tert-OH is 1. The van der Waals surface area contributed by atoms with Crippen LogP contribution in [0.4, 0.5) is 0 Å². The quantitative estimate of drug-likeness (QED) is 0.646. The summed E-state index contributed by atoms with van der Waals surface area (Å²) in [6.45, 7) is 0.215. The summed E-state index contributed by atoms with van der Waals surface area (Å²) in [5.41, 5.74) is 0.856. The van der Waals surface area contributed by atoms with Crippen molar-refractivity contribution in [1.82, 2.24) is 10.6 Å². The fraction of sp³-hybridized carbons (Fsp3) is 0.294. The number of rotatable bonds is 8. The van der Waals surface area contributed by atoms with Crippen LogP contribution < -0.4 is 10.6 Å². The third-order valence-electron chi connectivity index (χ3n) is 3.33. The van der Waals surface area contributed by atoms with Crippen molar-refractivity contribution in [3.8, 4) is 0 Å². The van der Waals surface area contributed by atoms with Crippen molar-refractivity contribution in [3.63, 3.8) is 0 Å². The zero-order chi connectivity index (χ0) is 16.5. The minimum atomic E-state index is -0.415. The maximum atomic E-state index is 11.9. The number of aliphatic hydroxyl groups is 1. The van der Waals surface area contributed by atoms with Crippen LogP contribution in [0.15, 0.2) is 53.1 Å². The Morgan fingerprint density at radius 1 is 1.13 bits per heavy atom. The monoisotopic (exact) mass is 316 g/mol. The van der Waals surface area contributed by atoms with E-state index < -0.39 is 6.04 Å². The summed E-state index contributed by atoms with van der Waals surface area (Å²) in [6, 6.07) is 12.1. The molecule has 3 N–H and O–H groups in total. The van der Waals surface area contributed by atoms with Crippen LogP contribution in [0.1, 0.15) is 35.0 Å². The van der Waals surface area contributed by atoms with Crippen molar-refractivity contribution in [2.45, 2.75) is 18.9 Å². The van der Waals surface area contributed by atoms with E-state index in [9.17, 15) is 14.7 Å². The lowest BCUT2D eigenvalue weighted by Gasteiger charge is -2.16. The molecule has 2 rings (SSSR count). The van der Waals surface area contributed by atoms with Gasteiger partial charge in [-0.25, -0.2) is 0 Å². The van der Waals surface area contributed by atoms with Crippen LogP contribution in [-0.4, -0.2) is 30.1 Å². The minimum absolute atomic E-state index is 0.162. The van der Waals surface area contributed by atoms with E-state index in [1.165, 1.54) is 6.26 Å². The number of carbonyl (C=O) groups excluding carboxylic acids is 2. The Morgan fingerprint density at radius 3 is 2.57 bits per heavy atom. The SMILES string of the molecule is O=C(CCCNC(=O)c1ccco1)N[C@H](CO)c1ccccc1. The Morgan fingerprint density at radius 2 is 1.91 bits per heavy atom. The van der Waals surface area contributed by atoms with Crippen molar-refractivity contribution < 1.29 is 19.1 Å². The van der Waals surface area contributed by atoms with Gasteiger partial charge in [-0.05, 0) is 24.1 Å². The summed E-state index contributed by atoms with van der Waals surface area (Å²) >= 11 is 0. The summed E-state index contributed by atoms with van der Waals surface area (Å²) < 4.78 is 4.97. The van der Waals surface area contributed by atoms with E-state index in [1.54, 1.807) is 12.1 Å². The summed E-state index contributed by atoms with van der Waals surface area (Å²) in [5, 5.41) is 14.9. The molecule has 0 saturated carbocycles. The van der Waals surface area contributed by atoms with Gasteiger partial charge >= 0.3 is 0 Å². The highest BCUT2D eigenvalue weighted by Crippen LogP contribution is 2.11. The maximum Gasteiger partial charge on any atom is 0.286 e. The van der Waals surface area contributed by atoms with E-state index in [4.69, 9.17) is 4.42 Å². The van der Waals surface area contributed by atoms with Gasteiger partial charge in [-0.15, -0.1) is 0 Å². The molecule has 0 saturated heterocycles. The first-order valence-corrected chi connectivity index (χ1v) is 7.47. The molecule has 23 heavy (non-hydrogen) atoms. The van der Waals surface area contributed by atoms with Gasteiger partial charge in [0.05, 0.1) is 18.9 Å². The molecule has 1 aromatic carbocycles. The van der Waals surface area contributed by atoms with Gasteiger partial charge in [0, 0.05) is 13.0 Å². The molecule has 0 spiro atoms. The molecule has 0 bridgehead atoms. The van der Waals surface area contributed by atoms with Crippen LogP contribution in [0.5, 0.6) is 0 Å². The van der Waals surface area contributed by atoms with Gasteiger partial charge in [0.15, 0.2) is 5.76 Å². The summed E-state index contributed by atoms with van der Waals surface area (Å²) in [7, 11) is 0. The zero-order valence-corrected chi connectivity index (χ0v) is 12.7. The van der Waals surface area contributed by atoms with Gasteiger partial charge in [0.2, 0.25) is 5.91 Å². The first kappa shape index (κ1) is 16.8. The highest BCUT2D eigenvalue weighted by atomic mass is 16.3. The molecule has 1 atom stereocenters. The average Bonchev–Trinajstić information content (AvgIpc) is 3.12. The van der Waals surface area contributed by atoms with Crippen LogP contribution in [0.3, 0.4) is 0 Å². The van der Waals surface area contributed by atoms with Crippen LogP contribution in [-0.2, 0) is 4.79 Å². The van der Waals surface area contributed by atoms with Crippen molar-refractivity contribution in [1.29, 1.82) is 0 Å². The number of hydrogen-bond acceptors (Lipinski definition) is 4. The van der Waals surface area contributed by atoms with Crippen LogP contribution in [0.25, 0.3) is 0 Å². The normalized spacial score (nSPS) is 11.7. The molecule has 1 heterocycles. The number of carbonyl (C=O) groups is 2. The first-order valence-electron chi connectivity index (χ1n) is 7.47. The van der Waals surface area contributed by atoms with Crippen molar-refractivity contribution in [2.75, 3.05) is 13.2 Å². The summed E-state index contributed by atoms with van der Waals surface area (Å²) in [6.07, 6.45) is 2.20. The fourth-order valence-electron chi connectivity index (χ4n) is 2.13. The fourth-order valence-corrected chi connectivity index (χ4v) is 2.13. The molecule has 2 aromatic rings. The lowest BCUT2D eigenvalue weighted by Crippen LogP contribution is -2.31. The second kappa shape index (κ2) is 8.75. The van der Waals surface area contributed by atoms with Crippen molar-refractivity contribution in [3.05, 3.63) is 60.1 Å². The smallest absolute Gasteiger partial charge is 0.286 e. The van der Waals surface area contributed by atoms with Crippen LogP contribution >= 0.6 is 0 Å². The Balaban J connectivity index is 1.69. The van der Waals surface area contributed by atoms with E-state index in [-0.39, 0.29) is 30.6 Å². The first-order chi connectivity index (χ1) is 11.2. The third-order valence-corrected chi connectivity index (χ3v) is 3.33. The van der Waals surface area contributed by atoms with E-state index in [0.29, 0.717) is 13.0 Å². The van der Waals surface area contributed by atoms with E-state index in [2.05, 4.69) is 10.6 Å². The number of benzene rings is 1. The Kier molecular flexibility index (Phi) is 6.38. The molecular weight excluding hydrogens is 296 g/mol. The second-order valence-corrected chi connectivity index (χ2v) is 5.05. The second-order valence-electron chi connectivity index (χ2n) is 5.05. The molecule has 2 amide bonds. The summed E-state index contributed by atoms with van der Waals surface area (Å²) in [5.74, 6) is -0.216. The number of amides is 2. The zero-order valence-electron chi connectivity index (χ0n) is 12.7. The standard InChI is InChI=1S/C17H20N2O4/c20-12-14(13-6-2-1-3-7-13)19-16(21)9-4-10-18-17(22)15-8-5-11-23-15/h1-3,5-8,11,14,20H,4,9-10,12H2,(H,18,22)(H,19,21)/t14-/m1/s1. The maximum absolute atomic E-state index is 11.9. The predicted octanol–water partition coefficient (Wildman–Crippen LogP) is 1.64. The topological polar surface area (TPSA) is 91.6 Å². The molecule has 0 fully saturated rings. The average molecular weight is 316 g/mol. The van der Waals surface area contributed by atoms with E-state index in [1.807, 2.05) is 30.3 Å². The van der Waals surface area contributed by atoms with Crippen molar-refractivity contribution >= 4 is 11.8 Å². The molecule has 0 aliphatic heterocycles. The van der Waals surface area contributed by atoms with Gasteiger partial charge in [0.1, 0.15) is 0 Å². The molecule has 0 unspecified atom stereocenters. The largest absolute Gasteiger partial charge is 0.459 e. The number of nitrogens with one attached hydrogen (secondary N) is 2. The van der Waals surface area contributed by atoms with Crippen LogP contribution in [0, 0.1) is 0 Å². The molecular formula is C17H20N2O4. The molecule has 6 nitrogen and oxygen atoms in total. The van der Waals surface area contributed by atoms with Gasteiger partial charge in [-0.3, -0.25) is 9.59 Å². The van der Waals surface area contributed by atoms with Crippen molar-refractivity contribution in [2.24, 2.45) is 0 Å². The summed E-state index contributed by atoms with van der Waals surface area (Å²) in [4.78, 5) is 23.5. The Hall–Kier alpha value is -2.60. The van der Waals surface area contributed by atoms with E-state index in [0.717, 1.165) is 5.56 Å². The molecule has 0 radical (unpaired) electrons. The number of furan rings is 1. The van der Waals surface area contributed by atoms with E-state index >= 15 is 0 Å². The van der Waals surface area contributed by atoms with Gasteiger partial charge in [-0.1, -0.05) is 30.3 Å². The van der Waals surface area contributed by atoms with Gasteiger partial charge < -0.3 is 20.2 Å². The molecule has 6 heteroatoms. The van der Waals surface area contributed by atoms with Gasteiger partial charge in [-0.2, -0.15) is 0 Å².